The maximum Gasteiger partial charge on any atom is 0.332 e. The zero-order valence-corrected chi connectivity index (χ0v) is 17.9. The molecular formula is C23H38O5. The molecule has 3 unspecified atom stereocenters. The Morgan fingerprint density at radius 1 is 1.25 bits per heavy atom. The van der Waals surface area contributed by atoms with Gasteiger partial charge in [-0.25, -0.2) is 4.79 Å². The van der Waals surface area contributed by atoms with Crippen LogP contribution in [0, 0.1) is 28.6 Å². The van der Waals surface area contributed by atoms with Gasteiger partial charge in [0.05, 0.1) is 6.10 Å². The van der Waals surface area contributed by atoms with Gasteiger partial charge < -0.3 is 14.9 Å². The van der Waals surface area contributed by atoms with E-state index in [0.29, 0.717) is 12.8 Å². The topological polar surface area (TPSA) is 83.8 Å². The van der Waals surface area contributed by atoms with E-state index >= 15 is 0 Å². The molecule has 2 rings (SSSR count). The lowest BCUT2D eigenvalue weighted by molar-refractivity contribution is -0.174. The molecule has 2 N–H and O–H groups in total. The molecule has 2 aliphatic rings. The van der Waals surface area contributed by atoms with E-state index in [1.807, 2.05) is 13.8 Å². The number of Topliss-reactive ketones (excluding diaryl/α,β-unsaturated/α-hetero) is 1. The molecule has 2 fully saturated rings. The van der Waals surface area contributed by atoms with Crippen molar-refractivity contribution in [3.63, 3.8) is 0 Å². The summed E-state index contributed by atoms with van der Waals surface area (Å²) in [6.07, 6.45) is 5.97. The van der Waals surface area contributed by atoms with Crippen LogP contribution in [-0.4, -0.2) is 40.8 Å². The second-order valence-electron chi connectivity index (χ2n) is 9.58. The Hall–Kier alpha value is -1.20. The van der Waals surface area contributed by atoms with Gasteiger partial charge >= 0.3 is 5.97 Å². The molecule has 0 heterocycles. The van der Waals surface area contributed by atoms with Gasteiger partial charge in [0.15, 0.2) is 0 Å². The SMILES string of the molecule is C=C[C@]1(C)C[C@@H](OC(=O)CO)[C@@](C)(C2CCCC2=O)[C@H](C)CCCC(C)C1O. The number of rotatable bonds is 4. The zero-order valence-electron chi connectivity index (χ0n) is 17.9. The van der Waals surface area contributed by atoms with Crippen LogP contribution in [0.3, 0.4) is 0 Å². The van der Waals surface area contributed by atoms with E-state index in [1.54, 1.807) is 6.08 Å². The van der Waals surface area contributed by atoms with Crippen molar-refractivity contribution in [3.8, 4) is 0 Å². The third-order valence-electron chi connectivity index (χ3n) is 7.82. The van der Waals surface area contributed by atoms with Gasteiger partial charge in [0.25, 0.3) is 0 Å². The normalized spacial score (nSPS) is 42.8. The number of ether oxygens (including phenoxy) is 1. The van der Waals surface area contributed by atoms with Crippen molar-refractivity contribution in [2.45, 2.75) is 84.8 Å². The Bertz CT molecular complexity index is 588. The first-order valence-corrected chi connectivity index (χ1v) is 10.7. The summed E-state index contributed by atoms with van der Waals surface area (Å²) in [7, 11) is 0. The van der Waals surface area contributed by atoms with Gasteiger partial charge in [-0.1, -0.05) is 46.6 Å². The quantitative estimate of drug-likeness (QED) is 0.561. The third kappa shape index (κ3) is 4.35. The zero-order chi connectivity index (χ0) is 21.1. The number of esters is 1. The van der Waals surface area contributed by atoms with Crippen molar-refractivity contribution >= 4 is 11.8 Å². The number of hydrogen-bond acceptors (Lipinski definition) is 5. The highest BCUT2D eigenvalue weighted by Gasteiger charge is 2.53. The van der Waals surface area contributed by atoms with Crippen LogP contribution in [0.1, 0.15) is 72.6 Å². The molecule has 0 spiro atoms. The molecular weight excluding hydrogens is 356 g/mol. The first-order valence-electron chi connectivity index (χ1n) is 10.7. The molecule has 160 valence electrons. The third-order valence-corrected chi connectivity index (χ3v) is 7.82. The molecule has 0 aliphatic heterocycles. The van der Waals surface area contributed by atoms with Gasteiger partial charge in [0.1, 0.15) is 18.5 Å². The molecule has 0 bridgehead atoms. The largest absolute Gasteiger partial charge is 0.460 e. The molecule has 2 saturated carbocycles. The first-order chi connectivity index (χ1) is 13.1. The summed E-state index contributed by atoms with van der Waals surface area (Å²) in [5, 5.41) is 20.4. The fraction of sp³-hybridized carbons (Fsp3) is 0.826. The lowest BCUT2D eigenvalue weighted by atomic mass is 9.58. The fourth-order valence-corrected chi connectivity index (χ4v) is 5.53. The summed E-state index contributed by atoms with van der Waals surface area (Å²) in [4.78, 5) is 24.9. The van der Waals surface area contributed by atoms with Crippen LogP contribution in [0.5, 0.6) is 0 Å². The van der Waals surface area contributed by atoms with Crippen molar-refractivity contribution in [2.24, 2.45) is 28.6 Å². The molecule has 0 aromatic carbocycles. The smallest absolute Gasteiger partial charge is 0.332 e. The Kier molecular flexibility index (Phi) is 7.49. The van der Waals surface area contributed by atoms with Crippen LogP contribution < -0.4 is 0 Å². The van der Waals surface area contributed by atoms with E-state index in [1.165, 1.54) is 0 Å². The average Bonchev–Trinajstić information content (AvgIpc) is 3.11. The van der Waals surface area contributed by atoms with Gasteiger partial charge in [-0.3, -0.25) is 4.79 Å². The van der Waals surface area contributed by atoms with E-state index in [2.05, 4.69) is 20.4 Å². The number of carbonyl (C=O) groups excluding carboxylic acids is 2. The maximum atomic E-state index is 12.8. The van der Waals surface area contributed by atoms with Gasteiger partial charge in [0.2, 0.25) is 0 Å². The summed E-state index contributed by atoms with van der Waals surface area (Å²) in [6.45, 7) is 11.5. The van der Waals surface area contributed by atoms with E-state index < -0.39 is 35.6 Å². The Labute approximate surface area is 169 Å². The average molecular weight is 395 g/mol. The number of ketones is 1. The lowest BCUT2D eigenvalue weighted by Crippen LogP contribution is -2.52. The minimum Gasteiger partial charge on any atom is -0.460 e. The van der Waals surface area contributed by atoms with Crippen molar-refractivity contribution in [2.75, 3.05) is 6.61 Å². The highest BCUT2D eigenvalue weighted by molar-refractivity contribution is 5.84. The molecule has 5 heteroatoms. The minimum absolute atomic E-state index is 0.0989. The summed E-state index contributed by atoms with van der Waals surface area (Å²) < 4.78 is 5.80. The number of aliphatic hydroxyl groups excluding tert-OH is 2. The number of aliphatic hydroxyl groups is 2. The minimum atomic E-state index is -0.691. The summed E-state index contributed by atoms with van der Waals surface area (Å²) in [5.41, 5.74) is -1.19. The van der Waals surface area contributed by atoms with Crippen LogP contribution in [0.4, 0.5) is 0 Å². The molecule has 0 saturated heterocycles. The Balaban J connectivity index is 2.54. The van der Waals surface area contributed by atoms with Gasteiger partial charge in [-0.2, -0.15) is 0 Å². The van der Waals surface area contributed by atoms with Crippen LogP contribution in [0.2, 0.25) is 0 Å². The summed E-state index contributed by atoms with van der Waals surface area (Å²) in [6, 6.07) is 0. The predicted octanol–water partition coefficient (Wildman–Crippen LogP) is 3.67. The fourth-order valence-electron chi connectivity index (χ4n) is 5.53. The van der Waals surface area contributed by atoms with Gasteiger partial charge in [0, 0.05) is 23.2 Å². The lowest BCUT2D eigenvalue weighted by Gasteiger charge is -2.49. The van der Waals surface area contributed by atoms with Crippen molar-refractivity contribution < 1.29 is 24.5 Å². The van der Waals surface area contributed by atoms with Crippen LogP contribution in [0.25, 0.3) is 0 Å². The van der Waals surface area contributed by atoms with Crippen molar-refractivity contribution in [1.82, 2.24) is 0 Å². The predicted molar refractivity (Wildman–Crippen MR) is 109 cm³/mol. The highest BCUT2D eigenvalue weighted by atomic mass is 16.6. The Morgan fingerprint density at radius 2 is 1.93 bits per heavy atom. The van der Waals surface area contributed by atoms with E-state index in [-0.39, 0.29) is 23.5 Å². The molecule has 0 aromatic heterocycles. The van der Waals surface area contributed by atoms with Gasteiger partial charge in [-0.05, 0) is 37.5 Å². The van der Waals surface area contributed by atoms with E-state index in [0.717, 1.165) is 32.1 Å². The van der Waals surface area contributed by atoms with E-state index in [9.17, 15) is 19.8 Å². The maximum absolute atomic E-state index is 12.8. The van der Waals surface area contributed by atoms with Crippen LogP contribution >= 0.6 is 0 Å². The molecule has 2 aliphatic carbocycles. The highest BCUT2D eigenvalue weighted by Crippen LogP contribution is 2.52. The second-order valence-corrected chi connectivity index (χ2v) is 9.58. The van der Waals surface area contributed by atoms with Crippen molar-refractivity contribution in [1.29, 1.82) is 0 Å². The molecule has 0 amide bonds. The number of hydrogen-bond donors (Lipinski definition) is 2. The monoisotopic (exact) mass is 394 g/mol. The van der Waals surface area contributed by atoms with Gasteiger partial charge in [-0.15, -0.1) is 6.58 Å². The molecule has 0 aromatic rings. The van der Waals surface area contributed by atoms with Crippen molar-refractivity contribution in [3.05, 3.63) is 12.7 Å². The summed E-state index contributed by atoms with van der Waals surface area (Å²) in [5.74, 6) is -0.331. The molecule has 5 nitrogen and oxygen atoms in total. The molecule has 28 heavy (non-hydrogen) atoms. The standard InChI is InChI=1S/C23H38O5/c1-6-22(4)13-19(28-20(26)14-24)23(5,17-11-8-12-18(17)25)16(3)10-7-9-15(2)21(22)27/h6,15-17,19,21,24,27H,1,7-14H2,2-5H3/t15?,16-,17?,19-,21?,22-,23-/m1/s1. The summed E-state index contributed by atoms with van der Waals surface area (Å²) >= 11 is 0. The van der Waals surface area contributed by atoms with E-state index in [4.69, 9.17) is 4.74 Å². The molecule has 7 atom stereocenters. The van der Waals surface area contributed by atoms with Crippen LogP contribution in [-0.2, 0) is 14.3 Å². The number of carbonyl (C=O) groups is 2. The second kappa shape index (κ2) is 9.08. The molecule has 0 radical (unpaired) electrons. The first kappa shape index (κ1) is 23.1. The van der Waals surface area contributed by atoms with Crippen LogP contribution in [0.15, 0.2) is 12.7 Å². The Morgan fingerprint density at radius 3 is 2.46 bits per heavy atom.